The summed E-state index contributed by atoms with van der Waals surface area (Å²) in [6.45, 7) is 0.443. The van der Waals surface area contributed by atoms with Crippen LogP contribution in [0.2, 0.25) is 0 Å². The van der Waals surface area contributed by atoms with E-state index in [0.29, 0.717) is 31.0 Å². The third-order valence-electron chi connectivity index (χ3n) is 5.75. The average Bonchev–Trinajstić information content (AvgIpc) is 3.38. The van der Waals surface area contributed by atoms with E-state index in [4.69, 9.17) is 12.2 Å². The summed E-state index contributed by atoms with van der Waals surface area (Å²) in [5.74, 6) is 0.374. The van der Waals surface area contributed by atoms with E-state index < -0.39 is 10.0 Å². The van der Waals surface area contributed by atoms with Crippen molar-refractivity contribution in [3.05, 3.63) is 54.1 Å². The van der Waals surface area contributed by atoms with Gasteiger partial charge >= 0.3 is 0 Å². The molecule has 2 aliphatic rings. The fourth-order valence-electron chi connectivity index (χ4n) is 4.21. The minimum Gasteiger partial charge on any atom is -0.332 e. The Bertz CT molecular complexity index is 1050. The maximum atomic E-state index is 13.1. The van der Waals surface area contributed by atoms with Crippen LogP contribution in [0.4, 0.5) is 11.4 Å². The summed E-state index contributed by atoms with van der Waals surface area (Å²) in [4.78, 5) is 12.3. The van der Waals surface area contributed by atoms with Crippen molar-refractivity contribution >= 4 is 44.6 Å². The number of thiocarbonyl (C=S) groups is 1. The number of sulfonamides is 1. The molecule has 1 saturated carbocycles. The summed E-state index contributed by atoms with van der Waals surface area (Å²) in [6, 6.07) is 14.0. The van der Waals surface area contributed by atoms with Gasteiger partial charge in [-0.1, -0.05) is 31.0 Å². The van der Waals surface area contributed by atoms with Crippen molar-refractivity contribution in [1.29, 1.82) is 0 Å². The molecule has 1 heterocycles. The normalized spacial score (nSPS) is 16.3. The Morgan fingerprint density at radius 1 is 1.07 bits per heavy atom. The second kappa shape index (κ2) is 8.73. The van der Waals surface area contributed by atoms with Gasteiger partial charge in [0.15, 0.2) is 5.11 Å². The molecule has 0 spiro atoms. The van der Waals surface area contributed by atoms with E-state index in [1.54, 1.807) is 24.3 Å². The van der Waals surface area contributed by atoms with Gasteiger partial charge < -0.3 is 10.6 Å². The molecule has 0 bridgehead atoms. The molecule has 8 heteroatoms. The number of nitrogens with zero attached hydrogens (tertiary/aromatic N) is 1. The molecule has 1 fully saturated rings. The first-order valence-electron chi connectivity index (χ1n) is 10.2. The van der Waals surface area contributed by atoms with Crippen LogP contribution in [0.1, 0.15) is 37.7 Å². The highest BCUT2D eigenvalue weighted by molar-refractivity contribution is 7.92. The second-order valence-corrected chi connectivity index (χ2v) is 10.1. The molecule has 1 amide bonds. The summed E-state index contributed by atoms with van der Waals surface area (Å²) in [5.41, 5.74) is 2.41. The highest BCUT2D eigenvalue weighted by Crippen LogP contribution is 2.33. The van der Waals surface area contributed by atoms with Gasteiger partial charge in [0.05, 0.1) is 10.6 Å². The van der Waals surface area contributed by atoms with Crippen LogP contribution in [-0.4, -0.2) is 26.0 Å². The molecule has 4 rings (SSSR count). The molecule has 2 aromatic carbocycles. The van der Waals surface area contributed by atoms with Gasteiger partial charge in [0.25, 0.3) is 10.0 Å². The highest BCUT2D eigenvalue weighted by atomic mass is 32.2. The number of fused-ring (bicyclic) bond motifs is 1. The van der Waals surface area contributed by atoms with Crippen molar-refractivity contribution < 1.29 is 13.2 Å². The topological polar surface area (TPSA) is 78.5 Å². The molecule has 0 radical (unpaired) electrons. The Morgan fingerprint density at radius 2 is 1.77 bits per heavy atom. The molecule has 0 saturated heterocycles. The van der Waals surface area contributed by atoms with E-state index in [0.717, 1.165) is 24.1 Å². The van der Waals surface area contributed by atoms with E-state index in [1.807, 2.05) is 24.3 Å². The largest absolute Gasteiger partial charge is 0.332 e. The van der Waals surface area contributed by atoms with Gasteiger partial charge in [-0.2, -0.15) is 0 Å². The van der Waals surface area contributed by atoms with E-state index in [1.165, 1.54) is 17.1 Å². The molecule has 1 aliphatic heterocycles. The second-order valence-electron chi connectivity index (χ2n) is 7.84. The number of anilines is 2. The Morgan fingerprint density at radius 3 is 2.50 bits per heavy atom. The zero-order chi connectivity index (χ0) is 21.1. The molecule has 6 nitrogen and oxygen atoms in total. The van der Waals surface area contributed by atoms with Gasteiger partial charge in [-0.15, -0.1) is 0 Å². The number of carbonyl (C=O) groups is 1. The quantitative estimate of drug-likeness (QED) is 0.687. The number of benzene rings is 2. The summed E-state index contributed by atoms with van der Waals surface area (Å²) in [6.07, 6.45) is 5.80. The summed E-state index contributed by atoms with van der Waals surface area (Å²) in [7, 11) is -3.63. The first kappa shape index (κ1) is 20.8. The number of hydrogen-bond acceptors (Lipinski definition) is 4. The van der Waals surface area contributed by atoms with Crippen LogP contribution in [0.3, 0.4) is 0 Å². The Hall–Kier alpha value is -2.45. The van der Waals surface area contributed by atoms with Crippen LogP contribution in [-0.2, 0) is 21.2 Å². The molecule has 158 valence electrons. The first-order valence-corrected chi connectivity index (χ1v) is 12.1. The lowest BCUT2D eigenvalue weighted by Gasteiger charge is -2.20. The minimum absolute atomic E-state index is 0.0775. The predicted octanol–water partition coefficient (Wildman–Crippen LogP) is 3.83. The highest BCUT2D eigenvalue weighted by Gasteiger charge is 2.30. The van der Waals surface area contributed by atoms with Gasteiger partial charge in [-0.25, -0.2) is 8.42 Å². The number of hydrogen-bond donors (Lipinski definition) is 2. The van der Waals surface area contributed by atoms with Crippen molar-refractivity contribution in [2.24, 2.45) is 5.92 Å². The molecular formula is C22H25N3O3S2. The Kier molecular flexibility index (Phi) is 6.06. The van der Waals surface area contributed by atoms with E-state index >= 15 is 0 Å². The molecule has 0 aromatic heterocycles. The number of amides is 1. The van der Waals surface area contributed by atoms with Crippen LogP contribution in [0, 0.1) is 5.92 Å². The third-order valence-corrected chi connectivity index (χ3v) is 7.78. The van der Waals surface area contributed by atoms with Gasteiger partial charge in [-0.3, -0.25) is 9.10 Å². The van der Waals surface area contributed by atoms with Crippen molar-refractivity contribution in [2.75, 3.05) is 16.2 Å². The number of rotatable bonds is 5. The fourth-order valence-corrected chi connectivity index (χ4v) is 5.95. The molecular weight excluding hydrogens is 418 g/mol. The molecule has 0 unspecified atom stereocenters. The van der Waals surface area contributed by atoms with Crippen LogP contribution in [0.25, 0.3) is 0 Å². The van der Waals surface area contributed by atoms with Gasteiger partial charge in [0, 0.05) is 18.7 Å². The van der Waals surface area contributed by atoms with E-state index in [-0.39, 0.29) is 15.9 Å². The molecule has 2 N–H and O–H groups in total. The van der Waals surface area contributed by atoms with E-state index in [9.17, 15) is 13.2 Å². The lowest BCUT2D eigenvalue weighted by molar-refractivity contribution is -0.120. The lowest BCUT2D eigenvalue weighted by Crippen LogP contribution is -2.34. The zero-order valence-electron chi connectivity index (χ0n) is 16.6. The fraction of sp³-hybridized carbons (Fsp3) is 0.364. The van der Waals surface area contributed by atoms with Crippen LogP contribution >= 0.6 is 12.2 Å². The molecule has 0 atom stereocenters. The van der Waals surface area contributed by atoms with Crippen LogP contribution in [0.5, 0.6) is 0 Å². The van der Waals surface area contributed by atoms with Crippen molar-refractivity contribution in [3.8, 4) is 0 Å². The Balaban J connectivity index is 1.38. The van der Waals surface area contributed by atoms with E-state index in [2.05, 4.69) is 10.6 Å². The number of nitrogens with one attached hydrogen (secondary N) is 2. The number of para-hydroxylation sites is 1. The SMILES string of the molecule is O=C(CC1CCCC1)NC(=S)Nc1ccc(S(=O)(=O)N2CCc3ccccc32)cc1. The zero-order valence-corrected chi connectivity index (χ0v) is 18.3. The van der Waals surface area contributed by atoms with Crippen molar-refractivity contribution in [3.63, 3.8) is 0 Å². The summed E-state index contributed by atoms with van der Waals surface area (Å²) < 4.78 is 27.6. The maximum Gasteiger partial charge on any atom is 0.264 e. The number of carbonyl (C=O) groups excluding carboxylic acids is 1. The third kappa shape index (κ3) is 4.49. The van der Waals surface area contributed by atoms with Crippen LogP contribution < -0.4 is 14.9 Å². The molecule has 30 heavy (non-hydrogen) atoms. The monoisotopic (exact) mass is 443 g/mol. The maximum absolute atomic E-state index is 13.1. The van der Waals surface area contributed by atoms with Gasteiger partial charge in [0.2, 0.25) is 5.91 Å². The van der Waals surface area contributed by atoms with Crippen molar-refractivity contribution in [1.82, 2.24) is 5.32 Å². The average molecular weight is 444 g/mol. The molecule has 2 aromatic rings. The first-order chi connectivity index (χ1) is 14.4. The minimum atomic E-state index is -3.63. The van der Waals surface area contributed by atoms with Gasteiger partial charge in [-0.05, 0) is 73.3 Å². The lowest BCUT2D eigenvalue weighted by atomic mass is 10.0. The van der Waals surface area contributed by atoms with Crippen molar-refractivity contribution in [2.45, 2.75) is 43.4 Å². The Labute approximate surface area is 182 Å². The summed E-state index contributed by atoms with van der Waals surface area (Å²) in [5, 5.41) is 5.89. The smallest absolute Gasteiger partial charge is 0.264 e. The summed E-state index contributed by atoms with van der Waals surface area (Å²) >= 11 is 5.22. The van der Waals surface area contributed by atoms with Crippen LogP contribution in [0.15, 0.2) is 53.4 Å². The standard InChI is InChI=1S/C22H25N3O3S2/c26-21(15-16-5-1-2-6-16)24-22(29)23-18-9-11-19(12-10-18)30(27,28)25-14-13-17-7-3-4-8-20(17)25/h3-4,7-12,16H,1-2,5-6,13-15H2,(H2,23,24,26,29). The predicted molar refractivity (Wildman–Crippen MR) is 122 cm³/mol. The van der Waals surface area contributed by atoms with Gasteiger partial charge in [0.1, 0.15) is 0 Å². The molecule has 1 aliphatic carbocycles.